The lowest BCUT2D eigenvalue weighted by atomic mass is 9.84. The Hall–Kier alpha value is 0.140. The van der Waals surface area contributed by atoms with Gasteiger partial charge in [0.15, 0.2) is 0 Å². The fraction of sp³-hybridized carbons (Fsp3) is 0.733. The van der Waals surface area contributed by atoms with Gasteiger partial charge in [0.2, 0.25) is 0 Å². The second kappa shape index (κ2) is 5.64. The maximum absolute atomic E-state index is 3.69. The highest BCUT2D eigenvalue weighted by Crippen LogP contribution is 2.51. The zero-order valence-corrected chi connectivity index (χ0v) is 13.4. The van der Waals surface area contributed by atoms with E-state index in [0.717, 1.165) is 24.3 Å². The molecule has 0 amide bonds. The van der Waals surface area contributed by atoms with Crippen molar-refractivity contribution in [2.45, 2.75) is 45.1 Å². The highest BCUT2D eigenvalue weighted by atomic mass is 79.9. The highest BCUT2D eigenvalue weighted by molar-refractivity contribution is 9.10. The number of halogens is 1. The standard InChI is InChI=1S/C15H22BrNS/c1-2-17-14(15-8-13(16)9-18-15)7-12-6-10-3-4-11(12)5-10/h8-12,14,17H,2-7H2,1H3. The average molecular weight is 328 g/mol. The van der Waals surface area contributed by atoms with Crippen molar-refractivity contribution in [2.24, 2.45) is 17.8 Å². The summed E-state index contributed by atoms with van der Waals surface area (Å²) in [6.45, 7) is 3.29. The van der Waals surface area contributed by atoms with Gasteiger partial charge in [-0.3, -0.25) is 0 Å². The first-order chi connectivity index (χ1) is 8.76. The summed E-state index contributed by atoms with van der Waals surface area (Å²) in [6.07, 6.45) is 7.39. The highest BCUT2D eigenvalue weighted by Gasteiger charge is 2.40. The van der Waals surface area contributed by atoms with Gasteiger partial charge in [-0.05, 0) is 72.0 Å². The topological polar surface area (TPSA) is 12.0 Å². The first kappa shape index (κ1) is 13.1. The Morgan fingerprint density at radius 2 is 2.33 bits per heavy atom. The molecule has 0 radical (unpaired) electrons. The number of nitrogens with one attached hydrogen (secondary N) is 1. The molecular weight excluding hydrogens is 306 g/mol. The Labute approximate surface area is 122 Å². The minimum absolute atomic E-state index is 0.579. The molecule has 3 heteroatoms. The Morgan fingerprint density at radius 3 is 2.89 bits per heavy atom. The van der Waals surface area contributed by atoms with E-state index in [4.69, 9.17) is 0 Å². The number of fused-ring (bicyclic) bond motifs is 2. The molecule has 2 aliphatic rings. The van der Waals surface area contributed by atoms with E-state index in [-0.39, 0.29) is 0 Å². The van der Waals surface area contributed by atoms with Gasteiger partial charge in [-0.2, -0.15) is 0 Å². The lowest BCUT2D eigenvalue weighted by Gasteiger charge is -2.26. The molecule has 4 atom stereocenters. The van der Waals surface area contributed by atoms with Crippen molar-refractivity contribution in [1.82, 2.24) is 5.32 Å². The normalized spacial score (nSPS) is 32.0. The summed E-state index contributed by atoms with van der Waals surface area (Å²) in [5.41, 5.74) is 0. The van der Waals surface area contributed by atoms with E-state index in [9.17, 15) is 0 Å². The van der Waals surface area contributed by atoms with Crippen molar-refractivity contribution in [2.75, 3.05) is 6.54 Å². The van der Waals surface area contributed by atoms with E-state index in [1.807, 2.05) is 11.3 Å². The van der Waals surface area contributed by atoms with Crippen LogP contribution in [-0.4, -0.2) is 6.54 Å². The molecule has 0 spiro atoms. The maximum atomic E-state index is 3.69. The van der Waals surface area contributed by atoms with E-state index in [2.05, 4.69) is 39.6 Å². The van der Waals surface area contributed by atoms with Crippen LogP contribution in [0.3, 0.4) is 0 Å². The van der Waals surface area contributed by atoms with Crippen molar-refractivity contribution < 1.29 is 0 Å². The van der Waals surface area contributed by atoms with Gasteiger partial charge in [0.25, 0.3) is 0 Å². The van der Waals surface area contributed by atoms with Crippen LogP contribution in [0.5, 0.6) is 0 Å². The summed E-state index contributed by atoms with van der Waals surface area (Å²) >= 11 is 5.47. The molecule has 3 rings (SSSR count). The van der Waals surface area contributed by atoms with Gasteiger partial charge in [0.1, 0.15) is 0 Å². The average Bonchev–Trinajstić information content (AvgIpc) is 3.04. The summed E-state index contributed by atoms with van der Waals surface area (Å²) in [5, 5.41) is 5.90. The predicted molar refractivity (Wildman–Crippen MR) is 82.0 cm³/mol. The quantitative estimate of drug-likeness (QED) is 0.803. The van der Waals surface area contributed by atoms with Crippen LogP contribution in [0.1, 0.15) is 49.9 Å². The molecule has 18 heavy (non-hydrogen) atoms. The van der Waals surface area contributed by atoms with Crippen molar-refractivity contribution >= 4 is 27.3 Å². The Bertz CT molecular complexity index is 403. The number of thiophene rings is 1. The first-order valence-electron chi connectivity index (χ1n) is 7.23. The van der Waals surface area contributed by atoms with Crippen molar-refractivity contribution in [1.29, 1.82) is 0 Å². The SMILES string of the molecule is CCNC(CC1CC2CCC1C2)c1cc(Br)cs1. The molecule has 0 aliphatic heterocycles. The van der Waals surface area contributed by atoms with Gasteiger partial charge in [-0.1, -0.05) is 13.3 Å². The van der Waals surface area contributed by atoms with E-state index in [1.165, 1.54) is 41.5 Å². The van der Waals surface area contributed by atoms with Gasteiger partial charge in [0, 0.05) is 20.8 Å². The van der Waals surface area contributed by atoms with Gasteiger partial charge in [-0.15, -0.1) is 11.3 Å². The largest absolute Gasteiger partial charge is 0.310 e. The summed E-state index contributed by atoms with van der Waals surface area (Å²) in [4.78, 5) is 1.51. The zero-order valence-electron chi connectivity index (χ0n) is 11.0. The van der Waals surface area contributed by atoms with Gasteiger partial charge in [-0.25, -0.2) is 0 Å². The molecule has 0 saturated heterocycles. The Balaban J connectivity index is 1.67. The number of rotatable bonds is 5. The minimum Gasteiger partial charge on any atom is -0.310 e. The second-order valence-electron chi connectivity index (χ2n) is 5.95. The molecule has 1 N–H and O–H groups in total. The van der Waals surface area contributed by atoms with Gasteiger partial charge in [0.05, 0.1) is 0 Å². The van der Waals surface area contributed by atoms with Gasteiger partial charge >= 0.3 is 0 Å². The van der Waals surface area contributed by atoms with Crippen LogP contribution in [0.15, 0.2) is 15.9 Å². The summed E-state index contributed by atoms with van der Waals surface area (Å²) in [5.74, 6) is 3.09. The van der Waals surface area contributed by atoms with Crippen molar-refractivity contribution in [3.63, 3.8) is 0 Å². The summed E-state index contributed by atoms with van der Waals surface area (Å²) < 4.78 is 1.23. The Kier molecular flexibility index (Phi) is 4.12. The lowest BCUT2D eigenvalue weighted by molar-refractivity contribution is 0.282. The monoisotopic (exact) mass is 327 g/mol. The molecule has 1 nitrogen and oxygen atoms in total. The number of hydrogen-bond donors (Lipinski definition) is 1. The smallest absolute Gasteiger partial charge is 0.0417 e. The minimum atomic E-state index is 0.579. The zero-order chi connectivity index (χ0) is 12.5. The molecule has 100 valence electrons. The molecule has 1 aromatic heterocycles. The Morgan fingerprint density at radius 1 is 1.44 bits per heavy atom. The lowest BCUT2D eigenvalue weighted by Crippen LogP contribution is -2.24. The van der Waals surface area contributed by atoms with E-state index in [1.54, 1.807) is 0 Å². The van der Waals surface area contributed by atoms with Crippen LogP contribution in [0, 0.1) is 17.8 Å². The summed E-state index contributed by atoms with van der Waals surface area (Å²) in [6, 6.07) is 2.88. The van der Waals surface area contributed by atoms with Crippen molar-refractivity contribution in [3.05, 3.63) is 20.8 Å². The molecule has 1 heterocycles. The van der Waals surface area contributed by atoms with Crippen LogP contribution in [0.4, 0.5) is 0 Å². The van der Waals surface area contributed by atoms with E-state index < -0.39 is 0 Å². The van der Waals surface area contributed by atoms with Crippen LogP contribution < -0.4 is 5.32 Å². The van der Waals surface area contributed by atoms with Crippen molar-refractivity contribution in [3.8, 4) is 0 Å². The van der Waals surface area contributed by atoms with Crippen LogP contribution in [-0.2, 0) is 0 Å². The summed E-state index contributed by atoms with van der Waals surface area (Å²) in [7, 11) is 0. The molecule has 0 aromatic carbocycles. The fourth-order valence-electron chi connectivity index (χ4n) is 4.03. The third kappa shape index (κ3) is 2.68. The predicted octanol–water partition coefficient (Wildman–Crippen LogP) is 4.99. The molecule has 2 bridgehead atoms. The maximum Gasteiger partial charge on any atom is 0.0417 e. The molecule has 2 aliphatic carbocycles. The second-order valence-corrected chi connectivity index (χ2v) is 7.81. The van der Waals surface area contributed by atoms with E-state index in [0.29, 0.717) is 6.04 Å². The van der Waals surface area contributed by atoms with Crippen LogP contribution in [0.25, 0.3) is 0 Å². The van der Waals surface area contributed by atoms with Crippen LogP contribution >= 0.6 is 27.3 Å². The molecule has 4 unspecified atom stereocenters. The fourth-order valence-corrected chi connectivity index (χ4v) is 5.56. The third-order valence-electron chi connectivity index (χ3n) is 4.80. The molecular formula is C15H22BrNS. The molecule has 1 aromatic rings. The molecule has 2 saturated carbocycles. The third-order valence-corrected chi connectivity index (χ3v) is 6.61. The van der Waals surface area contributed by atoms with Crippen LogP contribution in [0.2, 0.25) is 0 Å². The molecule has 2 fully saturated rings. The van der Waals surface area contributed by atoms with Gasteiger partial charge < -0.3 is 5.32 Å². The first-order valence-corrected chi connectivity index (χ1v) is 8.90. The number of hydrogen-bond acceptors (Lipinski definition) is 2. The van der Waals surface area contributed by atoms with E-state index >= 15 is 0 Å².